The first kappa shape index (κ1) is 17.2. The fourth-order valence-corrected chi connectivity index (χ4v) is 2.37. The number of benzene rings is 2. The fraction of sp³-hybridized carbons (Fsp3) is 0.105. The first-order valence-electron chi connectivity index (χ1n) is 8.07. The van der Waals surface area contributed by atoms with E-state index in [1.54, 1.807) is 60.8 Å². The van der Waals surface area contributed by atoms with Gasteiger partial charge in [0.05, 0.1) is 12.3 Å². The highest BCUT2D eigenvalue weighted by molar-refractivity contribution is 6.04. The second-order valence-corrected chi connectivity index (χ2v) is 5.47. The second-order valence-electron chi connectivity index (χ2n) is 5.47. The van der Waals surface area contributed by atoms with Crippen molar-refractivity contribution in [2.45, 2.75) is 6.92 Å². The minimum Gasteiger partial charge on any atom is -0.494 e. The molecular weight excluding hydrogens is 332 g/mol. The van der Waals surface area contributed by atoms with E-state index < -0.39 is 5.91 Å². The highest BCUT2D eigenvalue weighted by Crippen LogP contribution is 2.16. The Balaban J connectivity index is 1.68. The van der Waals surface area contributed by atoms with Gasteiger partial charge in [-0.25, -0.2) is 4.68 Å². The molecule has 0 fully saturated rings. The van der Waals surface area contributed by atoms with Gasteiger partial charge in [-0.05, 0) is 61.5 Å². The van der Waals surface area contributed by atoms with Crippen molar-refractivity contribution in [3.8, 4) is 11.4 Å². The Morgan fingerprint density at radius 2 is 1.77 bits per heavy atom. The monoisotopic (exact) mass is 350 g/mol. The van der Waals surface area contributed by atoms with Crippen LogP contribution < -0.4 is 15.8 Å². The van der Waals surface area contributed by atoms with Gasteiger partial charge in [0.15, 0.2) is 0 Å². The quantitative estimate of drug-likeness (QED) is 0.714. The number of carbonyl (C=O) groups is 2. The molecule has 26 heavy (non-hydrogen) atoms. The summed E-state index contributed by atoms with van der Waals surface area (Å²) >= 11 is 0. The first-order valence-corrected chi connectivity index (χ1v) is 8.07. The van der Waals surface area contributed by atoms with Crippen molar-refractivity contribution < 1.29 is 14.3 Å². The molecule has 0 bridgehead atoms. The van der Waals surface area contributed by atoms with Crippen LogP contribution in [0.15, 0.2) is 60.8 Å². The Bertz CT molecular complexity index is 915. The minimum atomic E-state index is -0.581. The molecule has 0 saturated carbocycles. The molecule has 0 aliphatic rings. The zero-order chi connectivity index (χ0) is 18.5. The summed E-state index contributed by atoms with van der Waals surface area (Å²) in [4.78, 5) is 23.4. The van der Waals surface area contributed by atoms with Crippen LogP contribution in [0.4, 0.5) is 5.69 Å². The number of anilines is 1. The molecule has 3 N–H and O–H groups in total. The third-order valence-electron chi connectivity index (χ3n) is 3.66. The van der Waals surface area contributed by atoms with Crippen molar-refractivity contribution >= 4 is 17.5 Å². The maximum atomic E-state index is 12.3. The van der Waals surface area contributed by atoms with Crippen LogP contribution in [-0.4, -0.2) is 28.2 Å². The van der Waals surface area contributed by atoms with E-state index in [1.165, 1.54) is 4.68 Å². The number of hydrogen-bond donors (Lipinski definition) is 2. The summed E-state index contributed by atoms with van der Waals surface area (Å²) in [6, 6.07) is 15.6. The van der Waals surface area contributed by atoms with E-state index in [2.05, 4.69) is 10.4 Å². The zero-order valence-electron chi connectivity index (χ0n) is 14.2. The van der Waals surface area contributed by atoms with E-state index in [-0.39, 0.29) is 11.6 Å². The number of amides is 2. The number of nitrogens with one attached hydrogen (secondary N) is 1. The van der Waals surface area contributed by atoms with E-state index in [0.29, 0.717) is 17.9 Å². The third kappa shape index (κ3) is 3.89. The number of hydrogen-bond acceptors (Lipinski definition) is 4. The Morgan fingerprint density at radius 1 is 1.08 bits per heavy atom. The van der Waals surface area contributed by atoms with Crippen LogP contribution >= 0.6 is 0 Å². The molecule has 132 valence electrons. The molecule has 7 heteroatoms. The molecule has 7 nitrogen and oxygen atoms in total. The lowest BCUT2D eigenvalue weighted by molar-refractivity contribution is 0.0993. The lowest BCUT2D eigenvalue weighted by Gasteiger charge is -2.08. The topological polar surface area (TPSA) is 99.2 Å². The maximum Gasteiger partial charge on any atom is 0.269 e. The second kappa shape index (κ2) is 7.52. The average molecular weight is 350 g/mol. The summed E-state index contributed by atoms with van der Waals surface area (Å²) < 4.78 is 6.90. The van der Waals surface area contributed by atoms with Crippen molar-refractivity contribution in [2.75, 3.05) is 11.9 Å². The molecule has 3 aromatic rings. The van der Waals surface area contributed by atoms with Gasteiger partial charge in [0.2, 0.25) is 0 Å². The normalized spacial score (nSPS) is 10.3. The molecule has 0 saturated heterocycles. The summed E-state index contributed by atoms with van der Waals surface area (Å²) in [6.07, 6.45) is 1.65. The number of ether oxygens (including phenoxy) is 1. The van der Waals surface area contributed by atoms with E-state index >= 15 is 0 Å². The number of nitrogens with two attached hydrogens (primary N) is 1. The molecule has 0 spiro atoms. The number of carbonyl (C=O) groups excluding carboxylic acids is 2. The molecule has 0 unspecified atom stereocenters. The lowest BCUT2D eigenvalue weighted by Crippen LogP contribution is -2.12. The largest absolute Gasteiger partial charge is 0.494 e. The van der Waals surface area contributed by atoms with Crippen molar-refractivity contribution in [1.82, 2.24) is 9.78 Å². The van der Waals surface area contributed by atoms with Crippen molar-refractivity contribution in [1.29, 1.82) is 0 Å². The maximum absolute atomic E-state index is 12.3. The zero-order valence-corrected chi connectivity index (χ0v) is 14.2. The van der Waals surface area contributed by atoms with Crippen molar-refractivity contribution in [3.63, 3.8) is 0 Å². The Kier molecular flexibility index (Phi) is 4.98. The summed E-state index contributed by atoms with van der Waals surface area (Å²) in [6.45, 7) is 2.48. The van der Waals surface area contributed by atoms with Gasteiger partial charge in [-0.1, -0.05) is 0 Å². The van der Waals surface area contributed by atoms with Gasteiger partial charge in [0, 0.05) is 17.4 Å². The van der Waals surface area contributed by atoms with Gasteiger partial charge in [-0.2, -0.15) is 5.10 Å². The van der Waals surface area contributed by atoms with Gasteiger partial charge in [0.1, 0.15) is 11.4 Å². The van der Waals surface area contributed by atoms with Crippen LogP contribution in [0.5, 0.6) is 5.75 Å². The summed E-state index contributed by atoms with van der Waals surface area (Å²) in [5, 5.41) is 6.91. The van der Waals surface area contributed by atoms with Crippen LogP contribution in [0.2, 0.25) is 0 Å². The molecule has 1 heterocycles. The Morgan fingerprint density at radius 3 is 2.35 bits per heavy atom. The Hall–Kier alpha value is -3.61. The summed E-state index contributed by atoms with van der Waals surface area (Å²) in [5.41, 5.74) is 7.32. The van der Waals surface area contributed by atoms with Gasteiger partial charge < -0.3 is 15.8 Å². The predicted octanol–water partition coefficient (Wildman–Crippen LogP) is 2.62. The average Bonchev–Trinajstić information content (AvgIpc) is 3.14. The number of primary amides is 1. The van der Waals surface area contributed by atoms with Gasteiger partial charge in [-0.3, -0.25) is 9.59 Å². The van der Waals surface area contributed by atoms with E-state index in [0.717, 1.165) is 11.4 Å². The molecule has 0 aliphatic heterocycles. The molecule has 0 aliphatic carbocycles. The minimum absolute atomic E-state index is 0.192. The smallest absolute Gasteiger partial charge is 0.269 e. The fourth-order valence-electron chi connectivity index (χ4n) is 2.37. The van der Waals surface area contributed by atoms with Gasteiger partial charge in [0.25, 0.3) is 11.8 Å². The molecule has 0 atom stereocenters. The highest BCUT2D eigenvalue weighted by atomic mass is 16.5. The predicted molar refractivity (Wildman–Crippen MR) is 97.6 cm³/mol. The molecule has 3 rings (SSSR count). The van der Waals surface area contributed by atoms with Crippen LogP contribution in [0.25, 0.3) is 5.69 Å². The lowest BCUT2D eigenvalue weighted by atomic mass is 10.2. The summed E-state index contributed by atoms with van der Waals surface area (Å²) in [7, 11) is 0. The van der Waals surface area contributed by atoms with Crippen LogP contribution in [-0.2, 0) is 0 Å². The Labute approximate surface area is 150 Å². The number of nitrogens with zero attached hydrogens (tertiary/aromatic N) is 2. The first-order chi connectivity index (χ1) is 12.6. The van der Waals surface area contributed by atoms with Crippen LogP contribution in [0.1, 0.15) is 27.8 Å². The van der Waals surface area contributed by atoms with E-state index in [9.17, 15) is 9.59 Å². The third-order valence-corrected chi connectivity index (χ3v) is 3.66. The molecule has 2 aromatic carbocycles. The summed E-state index contributed by atoms with van der Waals surface area (Å²) in [5.74, 6) is -0.0677. The van der Waals surface area contributed by atoms with Gasteiger partial charge in [-0.15, -0.1) is 0 Å². The SMILES string of the molecule is CCOc1ccc(C(=O)Nc2ccc(-n3ccc(C(N)=O)n3)cc2)cc1. The molecule has 0 radical (unpaired) electrons. The van der Waals surface area contributed by atoms with Crippen molar-refractivity contribution in [2.24, 2.45) is 5.73 Å². The van der Waals surface area contributed by atoms with E-state index in [4.69, 9.17) is 10.5 Å². The van der Waals surface area contributed by atoms with Crippen LogP contribution in [0, 0.1) is 0 Å². The van der Waals surface area contributed by atoms with E-state index in [1.807, 2.05) is 6.92 Å². The molecular formula is C19H18N4O3. The standard InChI is InChI=1S/C19H18N4O3/c1-2-26-16-9-3-13(4-10-16)19(25)21-14-5-7-15(8-6-14)23-12-11-17(22-23)18(20)24/h3-12H,2H2,1H3,(H2,20,24)(H,21,25). The molecule has 2 amide bonds. The van der Waals surface area contributed by atoms with Crippen molar-refractivity contribution in [3.05, 3.63) is 72.1 Å². The number of aromatic nitrogens is 2. The highest BCUT2D eigenvalue weighted by Gasteiger charge is 2.08. The van der Waals surface area contributed by atoms with Crippen LogP contribution in [0.3, 0.4) is 0 Å². The molecule has 1 aromatic heterocycles. The van der Waals surface area contributed by atoms with Gasteiger partial charge >= 0.3 is 0 Å². The number of rotatable bonds is 6.